The van der Waals surface area contributed by atoms with Crippen molar-refractivity contribution in [3.8, 4) is 11.3 Å². The zero-order chi connectivity index (χ0) is 13.6. The number of imidazole rings is 1. The minimum absolute atomic E-state index is 0.00815. The van der Waals surface area contributed by atoms with Crippen LogP contribution in [-0.4, -0.2) is 9.97 Å². The fourth-order valence-electron chi connectivity index (χ4n) is 2.60. The SMILES string of the molecule is CCC(C)C(N)c1nc2c([nH]1)Cc1c(Br)cccc1-2. The third-order valence-corrected chi connectivity index (χ3v) is 4.84. The van der Waals surface area contributed by atoms with Gasteiger partial charge >= 0.3 is 0 Å². The number of aromatic amines is 1. The molecule has 0 saturated carbocycles. The van der Waals surface area contributed by atoms with Crippen LogP contribution in [0, 0.1) is 5.92 Å². The molecule has 1 heterocycles. The van der Waals surface area contributed by atoms with Gasteiger partial charge in [-0.3, -0.25) is 0 Å². The molecule has 0 bridgehead atoms. The first kappa shape index (κ1) is 12.9. The van der Waals surface area contributed by atoms with Gasteiger partial charge in [0.25, 0.3) is 0 Å². The Kier molecular flexibility index (Phi) is 3.23. The molecule has 0 fully saturated rings. The second-order valence-electron chi connectivity index (χ2n) is 5.30. The van der Waals surface area contributed by atoms with E-state index in [2.05, 4.69) is 53.0 Å². The van der Waals surface area contributed by atoms with Gasteiger partial charge in [-0.05, 0) is 17.5 Å². The molecule has 2 unspecified atom stereocenters. The lowest BCUT2D eigenvalue weighted by molar-refractivity contribution is 0.441. The number of H-pyrrole nitrogens is 1. The summed E-state index contributed by atoms with van der Waals surface area (Å²) < 4.78 is 1.16. The number of halogens is 1. The number of aromatic nitrogens is 2. The molecule has 0 spiro atoms. The van der Waals surface area contributed by atoms with E-state index in [0.29, 0.717) is 5.92 Å². The maximum Gasteiger partial charge on any atom is 0.124 e. The van der Waals surface area contributed by atoms with Crippen LogP contribution in [0.1, 0.15) is 43.4 Å². The van der Waals surface area contributed by atoms with Crippen molar-refractivity contribution in [3.63, 3.8) is 0 Å². The van der Waals surface area contributed by atoms with Gasteiger partial charge in [0, 0.05) is 22.2 Å². The van der Waals surface area contributed by atoms with Crippen LogP contribution in [0.15, 0.2) is 22.7 Å². The molecule has 0 saturated heterocycles. The van der Waals surface area contributed by atoms with Gasteiger partial charge in [-0.1, -0.05) is 48.3 Å². The van der Waals surface area contributed by atoms with Gasteiger partial charge in [0.05, 0.1) is 11.7 Å². The third kappa shape index (κ3) is 2.03. The first-order valence-corrected chi connectivity index (χ1v) is 7.53. The van der Waals surface area contributed by atoms with Gasteiger partial charge in [0.2, 0.25) is 0 Å². The summed E-state index contributed by atoms with van der Waals surface area (Å²) in [6, 6.07) is 6.26. The quantitative estimate of drug-likeness (QED) is 0.771. The van der Waals surface area contributed by atoms with E-state index in [0.717, 1.165) is 28.8 Å². The molecule has 0 aliphatic heterocycles. The van der Waals surface area contributed by atoms with Crippen LogP contribution in [0.5, 0.6) is 0 Å². The van der Waals surface area contributed by atoms with Crippen molar-refractivity contribution >= 4 is 15.9 Å². The van der Waals surface area contributed by atoms with E-state index < -0.39 is 0 Å². The first-order valence-electron chi connectivity index (χ1n) is 6.74. The molecule has 1 aromatic heterocycles. The van der Waals surface area contributed by atoms with Crippen molar-refractivity contribution in [2.45, 2.75) is 32.7 Å². The van der Waals surface area contributed by atoms with Crippen molar-refractivity contribution in [2.75, 3.05) is 0 Å². The maximum absolute atomic E-state index is 6.26. The van der Waals surface area contributed by atoms with E-state index in [4.69, 9.17) is 10.7 Å². The van der Waals surface area contributed by atoms with E-state index in [1.54, 1.807) is 0 Å². The number of rotatable bonds is 3. The standard InChI is InChI=1S/C15H18BrN3/c1-3-8(2)13(17)15-18-12-7-10-9(14(12)19-15)5-4-6-11(10)16/h4-6,8,13H,3,7,17H2,1-2H3,(H,18,19). The highest BCUT2D eigenvalue weighted by Crippen LogP contribution is 2.39. The van der Waals surface area contributed by atoms with Gasteiger partial charge in [-0.15, -0.1) is 0 Å². The minimum Gasteiger partial charge on any atom is -0.344 e. The number of fused-ring (bicyclic) bond motifs is 3. The molecular weight excluding hydrogens is 302 g/mol. The molecule has 100 valence electrons. The number of hydrogen-bond donors (Lipinski definition) is 2. The zero-order valence-corrected chi connectivity index (χ0v) is 12.8. The Balaban J connectivity index is 2.00. The van der Waals surface area contributed by atoms with E-state index in [1.165, 1.54) is 16.8 Å². The van der Waals surface area contributed by atoms with E-state index >= 15 is 0 Å². The molecule has 19 heavy (non-hydrogen) atoms. The fourth-order valence-corrected chi connectivity index (χ4v) is 3.11. The molecule has 1 aromatic carbocycles. The largest absolute Gasteiger partial charge is 0.344 e. The Bertz CT molecular complexity index is 618. The molecule has 0 amide bonds. The molecule has 1 aliphatic carbocycles. The van der Waals surface area contributed by atoms with Gasteiger partial charge in [0.15, 0.2) is 0 Å². The minimum atomic E-state index is -0.00815. The summed E-state index contributed by atoms with van der Waals surface area (Å²) in [6.07, 6.45) is 1.97. The lowest BCUT2D eigenvalue weighted by atomic mass is 10.00. The highest BCUT2D eigenvalue weighted by molar-refractivity contribution is 9.10. The predicted molar refractivity (Wildman–Crippen MR) is 80.9 cm³/mol. The Morgan fingerprint density at radius 1 is 1.47 bits per heavy atom. The van der Waals surface area contributed by atoms with Crippen molar-refractivity contribution in [1.29, 1.82) is 0 Å². The fraction of sp³-hybridized carbons (Fsp3) is 0.400. The highest BCUT2D eigenvalue weighted by atomic mass is 79.9. The maximum atomic E-state index is 6.26. The summed E-state index contributed by atoms with van der Waals surface area (Å²) in [5.74, 6) is 1.36. The third-order valence-electron chi connectivity index (χ3n) is 4.10. The number of benzene rings is 1. The number of nitrogens with one attached hydrogen (secondary N) is 1. The molecule has 2 atom stereocenters. The Morgan fingerprint density at radius 2 is 2.26 bits per heavy atom. The molecule has 2 aromatic rings. The molecule has 4 heteroatoms. The monoisotopic (exact) mass is 319 g/mol. The van der Waals surface area contributed by atoms with Crippen LogP contribution in [0.4, 0.5) is 0 Å². The summed E-state index contributed by atoms with van der Waals surface area (Å²) in [7, 11) is 0. The Morgan fingerprint density at radius 3 is 3.00 bits per heavy atom. The predicted octanol–water partition coefficient (Wildman–Crippen LogP) is 3.79. The summed E-state index contributed by atoms with van der Waals surface area (Å²) >= 11 is 3.61. The highest BCUT2D eigenvalue weighted by Gasteiger charge is 2.26. The topological polar surface area (TPSA) is 54.7 Å². The van der Waals surface area contributed by atoms with Crippen molar-refractivity contribution < 1.29 is 0 Å². The van der Waals surface area contributed by atoms with E-state index in [-0.39, 0.29) is 6.04 Å². The molecule has 0 radical (unpaired) electrons. The smallest absolute Gasteiger partial charge is 0.124 e. The number of nitrogens with zero attached hydrogens (tertiary/aromatic N) is 1. The van der Waals surface area contributed by atoms with Crippen molar-refractivity contribution in [3.05, 3.63) is 39.8 Å². The van der Waals surface area contributed by atoms with Crippen molar-refractivity contribution in [2.24, 2.45) is 11.7 Å². The number of nitrogens with two attached hydrogens (primary N) is 1. The lowest BCUT2D eigenvalue weighted by Gasteiger charge is -2.15. The Labute approximate surface area is 121 Å². The van der Waals surface area contributed by atoms with Gasteiger partial charge < -0.3 is 10.7 Å². The second kappa shape index (κ2) is 4.76. The molecule has 3 N–H and O–H groups in total. The molecule has 1 aliphatic rings. The van der Waals surface area contributed by atoms with Gasteiger partial charge in [0.1, 0.15) is 5.82 Å². The first-order chi connectivity index (χ1) is 9.11. The van der Waals surface area contributed by atoms with Crippen LogP contribution < -0.4 is 5.73 Å². The summed E-state index contributed by atoms with van der Waals surface area (Å²) in [5.41, 5.74) is 11.1. The van der Waals surface area contributed by atoms with E-state index in [9.17, 15) is 0 Å². The average Bonchev–Trinajstić information content (AvgIpc) is 2.96. The summed E-state index contributed by atoms with van der Waals surface area (Å²) in [6.45, 7) is 4.33. The molecule has 3 nitrogen and oxygen atoms in total. The van der Waals surface area contributed by atoms with Crippen LogP contribution >= 0.6 is 15.9 Å². The summed E-state index contributed by atoms with van der Waals surface area (Å²) in [4.78, 5) is 8.17. The van der Waals surface area contributed by atoms with Crippen LogP contribution in [0.3, 0.4) is 0 Å². The normalized spacial score (nSPS) is 16.0. The van der Waals surface area contributed by atoms with Crippen molar-refractivity contribution in [1.82, 2.24) is 9.97 Å². The van der Waals surface area contributed by atoms with Crippen LogP contribution in [-0.2, 0) is 6.42 Å². The van der Waals surface area contributed by atoms with Crippen LogP contribution in [0.2, 0.25) is 0 Å². The Hall–Kier alpha value is -1.13. The second-order valence-corrected chi connectivity index (χ2v) is 6.16. The van der Waals surface area contributed by atoms with E-state index in [1.807, 2.05) is 0 Å². The van der Waals surface area contributed by atoms with Crippen LogP contribution in [0.25, 0.3) is 11.3 Å². The average molecular weight is 320 g/mol. The zero-order valence-electron chi connectivity index (χ0n) is 11.2. The molecule has 3 rings (SSSR count). The van der Waals surface area contributed by atoms with Gasteiger partial charge in [-0.2, -0.15) is 0 Å². The molecular formula is C15H18BrN3. The van der Waals surface area contributed by atoms with Gasteiger partial charge in [-0.25, -0.2) is 4.98 Å². The summed E-state index contributed by atoms with van der Waals surface area (Å²) in [5, 5.41) is 0. The lowest BCUT2D eigenvalue weighted by Crippen LogP contribution is -2.20. The number of hydrogen-bond acceptors (Lipinski definition) is 2.